The van der Waals surface area contributed by atoms with Gasteiger partial charge in [0.15, 0.2) is 4.80 Å². The van der Waals surface area contributed by atoms with Crippen LogP contribution in [-0.2, 0) is 16.1 Å². The minimum absolute atomic E-state index is 0.0260. The first-order valence-corrected chi connectivity index (χ1v) is 9.83. The van der Waals surface area contributed by atoms with Crippen LogP contribution in [0.4, 0.5) is 5.00 Å². The molecular formula is C18H17N3O5S2. The Balaban J connectivity index is 1.96. The Morgan fingerprint density at radius 2 is 2.11 bits per heavy atom. The molecule has 1 amide bonds. The van der Waals surface area contributed by atoms with Gasteiger partial charge in [-0.25, -0.2) is 0 Å². The van der Waals surface area contributed by atoms with Crippen LogP contribution in [0.15, 0.2) is 41.4 Å². The molecule has 0 unspecified atom stereocenters. The average Bonchev–Trinajstić information content (AvgIpc) is 3.29. The number of hydrogen-bond acceptors (Lipinski definition) is 7. The van der Waals surface area contributed by atoms with Gasteiger partial charge in [0.1, 0.15) is 11.3 Å². The highest BCUT2D eigenvalue weighted by atomic mass is 32.1. The second-order valence-corrected chi connectivity index (χ2v) is 7.66. The van der Waals surface area contributed by atoms with Crippen molar-refractivity contribution in [1.29, 1.82) is 0 Å². The number of fused-ring (bicyclic) bond motifs is 1. The molecule has 2 heterocycles. The monoisotopic (exact) mass is 419 g/mol. The van der Waals surface area contributed by atoms with Gasteiger partial charge in [0.25, 0.3) is 5.91 Å². The number of aromatic nitrogens is 1. The van der Waals surface area contributed by atoms with Crippen molar-refractivity contribution < 1.29 is 19.2 Å². The van der Waals surface area contributed by atoms with E-state index in [1.807, 2.05) is 22.8 Å². The topological polar surface area (TPSA) is 96.0 Å². The fourth-order valence-electron chi connectivity index (χ4n) is 2.55. The number of amides is 1. The van der Waals surface area contributed by atoms with Crippen LogP contribution in [0.2, 0.25) is 0 Å². The summed E-state index contributed by atoms with van der Waals surface area (Å²) < 4.78 is 13.5. The normalized spacial score (nSPS) is 12.1. The number of rotatable bonds is 7. The third-order valence-corrected chi connectivity index (χ3v) is 5.84. The van der Waals surface area contributed by atoms with Crippen molar-refractivity contribution in [2.75, 3.05) is 20.8 Å². The lowest BCUT2D eigenvalue weighted by molar-refractivity contribution is -0.380. The Kier molecular flexibility index (Phi) is 6.34. The Bertz CT molecular complexity index is 1110. The number of thiazole rings is 1. The molecule has 0 saturated carbocycles. The van der Waals surface area contributed by atoms with E-state index in [1.54, 1.807) is 20.3 Å². The highest BCUT2D eigenvalue weighted by Gasteiger charge is 2.12. The van der Waals surface area contributed by atoms with E-state index in [-0.39, 0.29) is 5.00 Å². The molecule has 0 bridgehead atoms. The minimum atomic E-state index is -0.461. The molecular weight excluding hydrogens is 402 g/mol. The van der Waals surface area contributed by atoms with E-state index < -0.39 is 10.8 Å². The molecule has 0 aliphatic heterocycles. The zero-order chi connectivity index (χ0) is 20.1. The summed E-state index contributed by atoms with van der Waals surface area (Å²) in [5.74, 6) is 0.243. The number of para-hydroxylation sites is 1. The zero-order valence-corrected chi connectivity index (χ0v) is 16.8. The summed E-state index contributed by atoms with van der Waals surface area (Å²) in [5.41, 5.74) is 0.858. The first-order chi connectivity index (χ1) is 13.5. The van der Waals surface area contributed by atoms with Gasteiger partial charge in [-0.1, -0.05) is 28.7 Å². The van der Waals surface area contributed by atoms with Gasteiger partial charge in [-0.2, -0.15) is 4.99 Å². The van der Waals surface area contributed by atoms with Gasteiger partial charge >= 0.3 is 5.00 Å². The fraction of sp³-hybridized carbons (Fsp3) is 0.222. The summed E-state index contributed by atoms with van der Waals surface area (Å²) in [6, 6.07) is 8.68. The van der Waals surface area contributed by atoms with Crippen molar-refractivity contribution in [3.05, 3.63) is 56.2 Å². The van der Waals surface area contributed by atoms with E-state index in [1.165, 1.54) is 29.6 Å². The van der Waals surface area contributed by atoms with Crippen molar-refractivity contribution in [1.82, 2.24) is 4.57 Å². The van der Waals surface area contributed by atoms with Gasteiger partial charge < -0.3 is 14.0 Å². The van der Waals surface area contributed by atoms with Crippen LogP contribution in [-0.4, -0.2) is 36.2 Å². The van der Waals surface area contributed by atoms with Crippen molar-refractivity contribution in [3.8, 4) is 5.75 Å². The average molecular weight is 419 g/mol. The number of ether oxygens (including phenoxy) is 2. The van der Waals surface area contributed by atoms with Crippen LogP contribution in [0, 0.1) is 10.1 Å². The van der Waals surface area contributed by atoms with Crippen molar-refractivity contribution in [2.45, 2.75) is 6.54 Å². The highest BCUT2D eigenvalue weighted by molar-refractivity contribution is 7.16. The fourth-order valence-corrected chi connectivity index (χ4v) is 4.36. The number of methoxy groups -OCH3 is 2. The molecule has 28 heavy (non-hydrogen) atoms. The zero-order valence-electron chi connectivity index (χ0n) is 15.2. The molecule has 2 aromatic heterocycles. The largest absolute Gasteiger partial charge is 0.495 e. The van der Waals surface area contributed by atoms with Crippen LogP contribution in [0.1, 0.15) is 4.88 Å². The molecule has 3 rings (SSSR count). The predicted molar refractivity (Wildman–Crippen MR) is 109 cm³/mol. The number of nitrogens with zero attached hydrogens (tertiary/aromatic N) is 3. The molecule has 0 spiro atoms. The first-order valence-electron chi connectivity index (χ1n) is 8.19. The molecule has 0 atom stereocenters. The van der Waals surface area contributed by atoms with Crippen molar-refractivity contribution in [3.63, 3.8) is 0 Å². The lowest BCUT2D eigenvalue weighted by Gasteiger charge is -2.07. The summed E-state index contributed by atoms with van der Waals surface area (Å²) in [7, 11) is 3.20. The van der Waals surface area contributed by atoms with Crippen LogP contribution in [0.3, 0.4) is 0 Å². The number of thiophene rings is 1. The minimum Gasteiger partial charge on any atom is -0.495 e. The molecule has 0 radical (unpaired) electrons. The maximum Gasteiger partial charge on any atom is 0.324 e. The SMILES string of the molecule is COCCn1c(=NC(=O)C=Cc2ccc([N+](=O)[O-])s2)sc2cccc(OC)c21. The van der Waals surface area contributed by atoms with Gasteiger partial charge in [0, 0.05) is 30.7 Å². The third-order valence-electron chi connectivity index (χ3n) is 3.79. The summed E-state index contributed by atoms with van der Waals surface area (Å²) in [6.45, 7) is 0.976. The molecule has 1 aromatic carbocycles. The van der Waals surface area contributed by atoms with E-state index in [0.29, 0.717) is 28.6 Å². The van der Waals surface area contributed by atoms with Crippen LogP contribution in [0.5, 0.6) is 5.75 Å². The molecule has 0 aliphatic rings. The van der Waals surface area contributed by atoms with Crippen LogP contribution in [0.25, 0.3) is 16.3 Å². The smallest absolute Gasteiger partial charge is 0.324 e. The van der Waals surface area contributed by atoms with E-state index in [2.05, 4.69) is 4.99 Å². The van der Waals surface area contributed by atoms with Crippen LogP contribution >= 0.6 is 22.7 Å². The Labute approximate surface area is 168 Å². The molecule has 0 saturated heterocycles. The number of benzene rings is 1. The number of carbonyl (C=O) groups is 1. The number of nitro groups is 1. The standard InChI is InChI=1S/C18H17N3O5S2/c1-25-11-10-20-17-13(26-2)4-3-5-14(17)28-18(20)19-15(22)8-6-12-7-9-16(27-12)21(23)24/h3-9H,10-11H2,1-2H3. The second-order valence-electron chi connectivity index (χ2n) is 5.55. The van der Waals surface area contributed by atoms with Crippen LogP contribution < -0.4 is 9.54 Å². The highest BCUT2D eigenvalue weighted by Crippen LogP contribution is 2.27. The molecule has 8 nitrogen and oxygen atoms in total. The third kappa shape index (κ3) is 4.35. The molecule has 0 aliphatic carbocycles. The van der Waals surface area contributed by atoms with E-state index in [9.17, 15) is 14.9 Å². The predicted octanol–water partition coefficient (Wildman–Crippen LogP) is 3.47. The van der Waals surface area contributed by atoms with Gasteiger partial charge in [0.2, 0.25) is 0 Å². The Hall–Kier alpha value is -2.82. The maximum absolute atomic E-state index is 12.3. The number of hydrogen-bond donors (Lipinski definition) is 0. The lowest BCUT2D eigenvalue weighted by atomic mass is 10.3. The molecule has 146 valence electrons. The van der Waals surface area contributed by atoms with Crippen molar-refractivity contribution >= 4 is 49.9 Å². The summed E-state index contributed by atoms with van der Waals surface area (Å²) in [4.78, 5) is 27.9. The van der Waals surface area contributed by atoms with Gasteiger partial charge in [0.05, 0.1) is 23.3 Å². The van der Waals surface area contributed by atoms with E-state index in [0.717, 1.165) is 21.6 Å². The van der Waals surface area contributed by atoms with E-state index in [4.69, 9.17) is 9.47 Å². The maximum atomic E-state index is 12.3. The Morgan fingerprint density at radius 3 is 2.79 bits per heavy atom. The summed E-state index contributed by atoms with van der Waals surface area (Å²) >= 11 is 2.38. The molecule has 0 N–H and O–H groups in total. The second kappa shape index (κ2) is 8.91. The quantitative estimate of drug-likeness (QED) is 0.332. The van der Waals surface area contributed by atoms with Crippen molar-refractivity contribution in [2.24, 2.45) is 4.99 Å². The number of carbonyl (C=O) groups excluding carboxylic acids is 1. The molecule has 0 fully saturated rings. The first kappa shape index (κ1) is 19.9. The molecule has 10 heteroatoms. The summed E-state index contributed by atoms with van der Waals surface area (Å²) in [5, 5.41) is 10.8. The van der Waals surface area contributed by atoms with Gasteiger partial charge in [-0.05, 0) is 24.3 Å². The Morgan fingerprint density at radius 1 is 1.29 bits per heavy atom. The lowest BCUT2D eigenvalue weighted by Crippen LogP contribution is -2.19. The van der Waals surface area contributed by atoms with Gasteiger partial charge in [-0.3, -0.25) is 14.9 Å². The summed E-state index contributed by atoms with van der Waals surface area (Å²) in [6.07, 6.45) is 2.83. The van der Waals surface area contributed by atoms with E-state index >= 15 is 0 Å². The molecule has 3 aromatic rings. The van der Waals surface area contributed by atoms with Gasteiger partial charge in [-0.15, -0.1) is 0 Å².